The van der Waals surface area contributed by atoms with Crippen molar-refractivity contribution in [2.45, 2.75) is 32.5 Å². The van der Waals surface area contributed by atoms with Crippen LogP contribution in [0.2, 0.25) is 0 Å². The van der Waals surface area contributed by atoms with Gasteiger partial charge in [-0.2, -0.15) is 8.78 Å². The zero-order chi connectivity index (χ0) is 23.3. The molecular weight excluding hydrogens is 433 g/mol. The highest BCUT2D eigenvalue weighted by Gasteiger charge is 2.26. The topological polar surface area (TPSA) is 83.9 Å². The molecule has 3 rings (SSSR count). The van der Waals surface area contributed by atoms with Crippen LogP contribution in [0.3, 0.4) is 0 Å². The first-order chi connectivity index (χ1) is 15.2. The molecule has 0 spiro atoms. The van der Waals surface area contributed by atoms with Gasteiger partial charge in [-0.05, 0) is 20.8 Å². The molecule has 0 bridgehead atoms. The van der Waals surface area contributed by atoms with E-state index in [1.54, 1.807) is 18.0 Å². The van der Waals surface area contributed by atoms with Gasteiger partial charge in [0.25, 0.3) is 11.6 Å². The fourth-order valence-corrected chi connectivity index (χ4v) is 3.34. The molecule has 10 heteroatoms. The van der Waals surface area contributed by atoms with Gasteiger partial charge in [0.15, 0.2) is 0 Å². The van der Waals surface area contributed by atoms with Crippen molar-refractivity contribution in [3.05, 3.63) is 65.9 Å². The number of amides is 1. The number of nitrogens with one attached hydrogen (secondary N) is 1. The van der Waals surface area contributed by atoms with E-state index in [4.69, 9.17) is 0 Å². The van der Waals surface area contributed by atoms with Crippen LogP contribution in [0, 0.1) is 6.92 Å². The van der Waals surface area contributed by atoms with Crippen LogP contribution in [0.5, 0.6) is 0 Å². The number of carbonyl (C=O) groups excluding carboxylic acids is 1. The standard InChI is InChI=1S/C22H25F2N6OP/c1-4-30(14(2)10-26-21-27-11-17(12-28-21)22(23,24)32)20(31)18-13-25-15(3)29-19(18)16-8-6-5-7-9-16/h5-9,11-14H,4,10,32H2,1-3H3,(H,26,27,28). The molecule has 2 aromatic heterocycles. The molecule has 0 aliphatic rings. The number of aromatic nitrogens is 4. The zero-order valence-corrected chi connectivity index (χ0v) is 19.2. The maximum absolute atomic E-state index is 13.4. The lowest BCUT2D eigenvalue weighted by Gasteiger charge is -2.29. The second kappa shape index (κ2) is 10.0. The molecule has 0 radical (unpaired) electrons. The molecule has 2 atom stereocenters. The molecule has 1 N–H and O–H groups in total. The molecule has 0 saturated carbocycles. The molecule has 0 saturated heterocycles. The van der Waals surface area contributed by atoms with E-state index in [2.05, 4.69) is 25.3 Å². The van der Waals surface area contributed by atoms with Gasteiger partial charge < -0.3 is 10.2 Å². The number of anilines is 1. The molecule has 1 amide bonds. The van der Waals surface area contributed by atoms with Crippen molar-refractivity contribution in [3.63, 3.8) is 0 Å². The average Bonchev–Trinajstić information content (AvgIpc) is 2.78. The van der Waals surface area contributed by atoms with E-state index in [1.165, 1.54) is 9.24 Å². The van der Waals surface area contributed by atoms with Crippen molar-refractivity contribution >= 4 is 21.1 Å². The number of aryl methyl sites for hydroxylation is 1. The molecule has 0 aliphatic heterocycles. The van der Waals surface area contributed by atoms with Gasteiger partial charge in [-0.1, -0.05) is 39.6 Å². The maximum Gasteiger partial charge on any atom is 0.286 e. The summed E-state index contributed by atoms with van der Waals surface area (Å²) < 4.78 is 26.6. The van der Waals surface area contributed by atoms with E-state index < -0.39 is 5.66 Å². The average molecular weight is 458 g/mol. The predicted molar refractivity (Wildman–Crippen MR) is 123 cm³/mol. The van der Waals surface area contributed by atoms with Gasteiger partial charge in [0.2, 0.25) is 5.95 Å². The SMILES string of the molecule is CCN(C(=O)c1cnc(C)nc1-c1ccccc1)C(C)CNc1ncc(C(F)(F)P)cn1. The molecule has 2 heterocycles. The summed E-state index contributed by atoms with van der Waals surface area (Å²) in [5.74, 6) is 0.594. The summed E-state index contributed by atoms with van der Waals surface area (Å²) in [5.41, 5.74) is -1.54. The van der Waals surface area contributed by atoms with Crippen LogP contribution in [0.15, 0.2) is 48.9 Å². The fourth-order valence-electron chi connectivity index (χ4n) is 3.19. The monoisotopic (exact) mass is 458 g/mol. The van der Waals surface area contributed by atoms with E-state index in [0.29, 0.717) is 30.2 Å². The predicted octanol–water partition coefficient (Wildman–Crippen LogP) is 4.13. The van der Waals surface area contributed by atoms with Gasteiger partial charge in [0, 0.05) is 43.3 Å². The second-order valence-electron chi connectivity index (χ2n) is 7.28. The lowest BCUT2D eigenvalue weighted by molar-refractivity contribution is 0.0712. The molecule has 32 heavy (non-hydrogen) atoms. The highest BCUT2D eigenvalue weighted by Crippen LogP contribution is 2.33. The quantitative estimate of drug-likeness (QED) is 0.511. The minimum absolute atomic E-state index is 0.195. The largest absolute Gasteiger partial charge is 0.352 e. The Morgan fingerprint density at radius 3 is 2.41 bits per heavy atom. The Hall–Kier alpha value is -3.06. The Morgan fingerprint density at radius 2 is 1.81 bits per heavy atom. The zero-order valence-electron chi connectivity index (χ0n) is 18.1. The Morgan fingerprint density at radius 1 is 1.16 bits per heavy atom. The Kier molecular flexibility index (Phi) is 7.40. The van der Waals surface area contributed by atoms with Crippen LogP contribution in [0.25, 0.3) is 11.3 Å². The first kappa shape index (κ1) is 23.6. The summed E-state index contributed by atoms with van der Waals surface area (Å²) in [7, 11) is 1.45. The fraction of sp³-hybridized carbons (Fsp3) is 0.318. The smallest absolute Gasteiger partial charge is 0.286 e. The second-order valence-corrected chi connectivity index (χ2v) is 8.01. The van der Waals surface area contributed by atoms with Crippen LogP contribution in [-0.4, -0.2) is 49.9 Å². The summed E-state index contributed by atoms with van der Waals surface area (Å²) in [6.45, 7) is 6.35. The minimum atomic E-state index is -3.08. The molecule has 3 aromatic rings. The first-order valence-electron chi connectivity index (χ1n) is 10.1. The number of hydrogen-bond donors (Lipinski definition) is 1. The van der Waals surface area contributed by atoms with Gasteiger partial charge in [-0.25, -0.2) is 19.9 Å². The van der Waals surface area contributed by atoms with Gasteiger partial charge in [-0.15, -0.1) is 0 Å². The molecule has 2 unspecified atom stereocenters. The van der Waals surface area contributed by atoms with Crippen molar-refractivity contribution in [1.29, 1.82) is 0 Å². The highest BCUT2D eigenvalue weighted by atomic mass is 31.0. The van der Waals surface area contributed by atoms with Gasteiger partial charge in [0.05, 0.1) is 16.8 Å². The van der Waals surface area contributed by atoms with Crippen molar-refractivity contribution in [3.8, 4) is 11.3 Å². The van der Waals surface area contributed by atoms with Gasteiger partial charge >= 0.3 is 0 Å². The maximum atomic E-state index is 13.4. The number of rotatable bonds is 8. The number of hydrogen-bond acceptors (Lipinski definition) is 6. The van der Waals surface area contributed by atoms with Crippen LogP contribution < -0.4 is 5.32 Å². The van der Waals surface area contributed by atoms with Crippen LogP contribution in [0.4, 0.5) is 14.7 Å². The van der Waals surface area contributed by atoms with Gasteiger partial charge in [0.1, 0.15) is 5.82 Å². The lowest BCUT2D eigenvalue weighted by atomic mass is 10.1. The van der Waals surface area contributed by atoms with E-state index in [1.807, 2.05) is 44.2 Å². The van der Waals surface area contributed by atoms with E-state index >= 15 is 0 Å². The van der Waals surface area contributed by atoms with Crippen LogP contribution >= 0.6 is 9.24 Å². The van der Waals surface area contributed by atoms with E-state index in [0.717, 1.165) is 18.0 Å². The van der Waals surface area contributed by atoms with Gasteiger partial charge in [-0.3, -0.25) is 4.79 Å². The van der Waals surface area contributed by atoms with Crippen molar-refractivity contribution < 1.29 is 13.6 Å². The third-order valence-corrected chi connectivity index (χ3v) is 5.25. The van der Waals surface area contributed by atoms with Crippen molar-refractivity contribution in [2.75, 3.05) is 18.4 Å². The first-order valence-corrected chi connectivity index (χ1v) is 10.7. The van der Waals surface area contributed by atoms with Crippen LogP contribution in [0.1, 0.15) is 35.6 Å². The number of alkyl halides is 2. The summed E-state index contributed by atoms with van der Waals surface area (Å²) in [6.07, 6.45) is 3.71. The Balaban J connectivity index is 1.76. The number of carbonyl (C=O) groups is 1. The number of nitrogens with zero attached hydrogens (tertiary/aromatic N) is 5. The number of halogens is 2. The number of likely N-dealkylation sites (N-methyl/N-ethyl adjacent to an activating group) is 1. The lowest BCUT2D eigenvalue weighted by Crippen LogP contribution is -2.42. The molecular formula is C22H25F2N6OP. The highest BCUT2D eigenvalue weighted by molar-refractivity contribution is 7.17. The minimum Gasteiger partial charge on any atom is -0.352 e. The number of benzene rings is 1. The van der Waals surface area contributed by atoms with Crippen LogP contribution in [-0.2, 0) is 5.66 Å². The normalized spacial score (nSPS) is 12.3. The third kappa shape index (κ3) is 5.59. The molecule has 7 nitrogen and oxygen atoms in total. The molecule has 0 fully saturated rings. The van der Waals surface area contributed by atoms with Crippen molar-refractivity contribution in [2.24, 2.45) is 0 Å². The Bertz CT molecular complexity index is 1060. The van der Waals surface area contributed by atoms with E-state index in [-0.39, 0.29) is 23.5 Å². The third-order valence-electron chi connectivity index (χ3n) is 4.91. The molecule has 1 aromatic carbocycles. The summed E-state index contributed by atoms with van der Waals surface area (Å²) in [4.78, 5) is 31.7. The van der Waals surface area contributed by atoms with Crippen molar-refractivity contribution in [1.82, 2.24) is 24.8 Å². The summed E-state index contributed by atoms with van der Waals surface area (Å²) in [5, 5.41) is 3.00. The van der Waals surface area contributed by atoms with E-state index in [9.17, 15) is 13.6 Å². The summed E-state index contributed by atoms with van der Waals surface area (Å²) >= 11 is 0. The molecule has 0 aliphatic carbocycles. The Labute approximate surface area is 187 Å². The summed E-state index contributed by atoms with van der Waals surface area (Å²) in [6, 6.07) is 9.26. The molecule has 168 valence electrons.